The lowest BCUT2D eigenvalue weighted by Crippen LogP contribution is -2.69. The zero-order valence-electron chi connectivity index (χ0n) is 18.1. The Morgan fingerprint density at radius 3 is 2.72 bits per heavy atom. The van der Waals surface area contributed by atoms with Crippen molar-refractivity contribution in [1.82, 2.24) is 20.1 Å². The number of methoxy groups -OCH3 is 2. The van der Waals surface area contributed by atoms with Crippen LogP contribution in [-0.2, 0) is 11.3 Å². The Morgan fingerprint density at radius 2 is 2.00 bits per heavy atom. The zero-order chi connectivity index (χ0) is 22.7. The quantitative estimate of drug-likeness (QED) is 0.659. The third-order valence-electron chi connectivity index (χ3n) is 5.92. The first-order valence-corrected chi connectivity index (χ1v) is 10.5. The van der Waals surface area contributed by atoms with Gasteiger partial charge in [-0.15, -0.1) is 0 Å². The summed E-state index contributed by atoms with van der Waals surface area (Å²) in [7, 11) is 3.02. The third kappa shape index (κ3) is 4.16. The minimum atomic E-state index is -0.531. The van der Waals surface area contributed by atoms with Gasteiger partial charge >= 0.3 is 6.03 Å². The van der Waals surface area contributed by atoms with Crippen LogP contribution in [0.3, 0.4) is 0 Å². The zero-order valence-corrected chi connectivity index (χ0v) is 18.1. The van der Waals surface area contributed by atoms with E-state index in [1.807, 2.05) is 6.07 Å². The van der Waals surface area contributed by atoms with Crippen molar-refractivity contribution >= 4 is 17.7 Å². The van der Waals surface area contributed by atoms with Gasteiger partial charge < -0.3 is 19.7 Å². The molecule has 3 heterocycles. The number of ketones is 1. The van der Waals surface area contributed by atoms with Crippen molar-refractivity contribution in [2.75, 3.05) is 27.3 Å². The number of hydrogen-bond donors (Lipinski definition) is 1. The van der Waals surface area contributed by atoms with Gasteiger partial charge in [-0.1, -0.05) is 6.07 Å². The number of ether oxygens (including phenoxy) is 2. The number of amides is 3. The van der Waals surface area contributed by atoms with E-state index in [0.29, 0.717) is 30.0 Å². The first kappa shape index (κ1) is 21.8. The molecule has 9 nitrogen and oxygen atoms in total. The number of urea groups is 1. The van der Waals surface area contributed by atoms with Gasteiger partial charge in [-0.2, -0.15) is 0 Å². The predicted molar refractivity (Wildman–Crippen MR) is 116 cm³/mol. The summed E-state index contributed by atoms with van der Waals surface area (Å²) in [4.78, 5) is 46.4. The molecule has 32 heavy (non-hydrogen) atoms. The molecule has 2 aliphatic heterocycles. The molecule has 168 valence electrons. The summed E-state index contributed by atoms with van der Waals surface area (Å²) >= 11 is 0. The fourth-order valence-corrected chi connectivity index (χ4v) is 4.28. The number of nitrogens with one attached hydrogen (secondary N) is 1. The molecule has 3 amide bonds. The molecular formula is C23H26N4O5. The summed E-state index contributed by atoms with van der Waals surface area (Å²) in [5.41, 5.74) is 1.15. The van der Waals surface area contributed by atoms with E-state index >= 15 is 0 Å². The van der Waals surface area contributed by atoms with E-state index in [1.165, 1.54) is 24.0 Å². The van der Waals surface area contributed by atoms with Gasteiger partial charge in [-0.3, -0.25) is 19.5 Å². The maximum Gasteiger partial charge on any atom is 0.327 e. The van der Waals surface area contributed by atoms with Gasteiger partial charge in [0.05, 0.1) is 33.4 Å². The fourth-order valence-electron chi connectivity index (χ4n) is 4.28. The Balaban J connectivity index is 1.60. The molecule has 2 saturated heterocycles. The van der Waals surface area contributed by atoms with Crippen molar-refractivity contribution in [1.29, 1.82) is 0 Å². The van der Waals surface area contributed by atoms with Crippen molar-refractivity contribution < 1.29 is 23.9 Å². The van der Waals surface area contributed by atoms with Crippen LogP contribution < -0.4 is 14.8 Å². The molecule has 0 bridgehead atoms. The molecule has 2 fully saturated rings. The third-order valence-corrected chi connectivity index (χ3v) is 5.92. The summed E-state index contributed by atoms with van der Waals surface area (Å²) in [5, 5.41) is 3.23. The van der Waals surface area contributed by atoms with Crippen LogP contribution in [0.2, 0.25) is 0 Å². The SMILES string of the molecule is COc1ccc(C(=O)CN2C(=O)N(Cc3cccnc3)C(=O)C3NCCCC32)cc1OC. The molecule has 0 radical (unpaired) electrons. The van der Waals surface area contributed by atoms with E-state index in [9.17, 15) is 14.4 Å². The van der Waals surface area contributed by atoms with Crippen LogP contribution in [0, 0.1) is 0 Å². The molecule has 1 aromatic carbocycles. The molecule has 2 aliphatic rings. The molecule has 1 aromatic heterocycles. The van der Waals surface area contributed by atoms with Crippen LogP contribution in [-0.4, -0.2) is 71.9 Å². The van der Waals surface area contributed by atoms with E-state index in [-0.39, 0.29) is 30.8 Å². The van der Waals surface area contributed by atoms with Crippen LogP contribution in [0.1, 0.15) is 28.8 Å². The van der Waals surface area contributed by atoms with Crippen LogP contribution in [0.4, 0.5) is 4.79 Å². The summed E-state index contributed by atoms with van der Waals surface area (Å²) < 4.78 is 10.5. The lowest BCUT2D eigenvalue weighted by Gasteiger charge is -2.46. The molecule has 2 unspecified atom stereocenters. The van der Waals surface area contributed by atoms with Crippen LogP contribution in [0.25, 0.3) is 0 Å². The van der Waals surface area contributed by atoms with Gasteiger partial charge in [0.25, 0.3) is 0 Å². The Bertz CT molecular complexity index is 1010. The maximum absolute atomic E-state index is 13.4. The molecule has 1 N–H and O–H groups in total. The number of pyridine rings is 1. The Hall–Kier alpha value is -3.46. The number of hydrogen-bond acceptors (Lipinski definition) is 7. The second-order valence-electron chi connectivity index (χ2n) is 7.83. The Morgan fingerprint density at radius 1 is 1.19 bits per heavy atom. The van der Waals surface area contributed by atoms with Gasteiger partial charge in [-0.25, -0.2) is 4.79 Å². The minimum Gasteiger partial charge on any atom is -0.493 e. The maximum atomic E-state index is 13.4. The molecule has 0 saturated carbocycles. The van der Waals surface area contributed by atoms with Crippen molar-refractivity contribution in [2.24, 2.45) is 0 Å². The van der Waals surface area contributed by atoms with E-state index < -0.39 is 12.1 Å². The number of fused-ring (bicyclic) bond motifs is 1. The average Bonchev–Trinajstić information content (AvgIpc) is 2.84. The number of Topliss-reactive ketones (excluding diaryl/α,β-unsaturated/α-hetero) is 1. The van der Waals surface area contributed by atoms with Gasteiger partial charge in [0.15, 0.2) is 17.3 Å². The molecule has 0 aliphatic carbocycles. The Labute approximate surface area is 186 Å². The first-order valence-electron chi connectivity index (χ1n) is 10.5. The lowest BCUT2D eigenvalue weighted by molar-refractivity contribution is -0.137. The molecule has 2 aromatic rings. The second-order valence-corrected chi connectivity index (χ2v) is 7.83. The van der Waals surface area contributed by atoms with E-state index in [0.717, 1.165) is 12.0 Å². The van der Waals surface area contributed by atoms with E-state index in [4.69, 9.17) is 9.47 Å². The average molecular weight is 438 g/mol. The van der Waals surface area contributed by atoms with Crippen LogP contribution in [0.15, 0.2) is 42.7 Å². The van der Waals surface area contributed by atoms with Crippen molar-refractivity contribution in [3.8, 4) is 11.5 Å². The topological polar surface area (TPSA) is 101 Å². The molecule has 9 heteroatoms. The van der Waals surface area contributed by atoms with Crippen molar-refractivity contribution in [2.45, 2.75) is 31.5 Å². The molecule has 2 atom stereocenters. The second kappa shape index (κ2) is 9.35. The number of aromatic nitrogens is 1. The Kier molecular flexibility index (Phi) is 6.36. The number of carbonyl (C=O) groups is 3. The summed E-state index contributed by atoms with van der Waals surface area (Å²) in [5.74, 6) is 0.453. The summed E-state index contributed by atoms with van der Waals surface area (Å²) in [6.45, 7) is 0.671. The number of benzene rings is 1. The molecular weight excluding hydrogens is 412 g/mol. The van der Waals surface area contributed by atoms with E-state index in [2.05, 4.69) is 10.3 Å². The normalized spacial score (nSPS) is 20.7. The highest BCUT2D eigenvalue weighted by atomic mass is 16.5. The van der Waals surface area contributed by atoms with Gasteiger partial charge in [0, 0.05) is 18.0 Å². The minimum absolute atomic E-state index is 0.109. The number of nitrogens with zero attached hydrogens (tertiary/aromatic N) is 3. The number of piperidine rings is 1. The van der Waals surface area contributed by atoms with Gasteiger partial charge in [0.1, 0.15) is 6.04 Å². The van der Waals surface area contributed by atoms with Crippen LogP contribution >= 0.6 is 0 Å². The number of imide groups is 1. The summed E-state index contributed by atoms with van der Waals surface area (Å²) in [6, 6.07) is 7.12. The fraction of sp³-hybridized carbons (Fsp3) is 0.391. The van der Waals surface area contributed by atoms with Gasteiger partial charge in [0.2, 0.25) is 5.91 Å². The van der Waals surface area contributed by atoms with Crippen LogP contribution in [0.5, 0.6) is 11.5 Å². The largest absolute Gasteiger partial charge is 0.493 e. The highest BCUT2D eigenvalue weighted by Gasteiger charge is 2.47. The number of carbonyl (C=O) groups excluding carboxylic acids is 3. The highest BCUT2D eigenvalue weighted by molar-refractivity contribution is 6.04. The van der Waals surface area contributed by atoms with Gasteiger partial charge in [-0.05, 0) is 49.2 Å². The van der Waals surface area contributed by atoms with Crippen molar-refractivity contribution in [3.63, 3.8) is 0 Å². The van der Waals surface area contributed by atoms with E-state index in [1.54, 1.807) is 36.7 Å². The molecule has 4 rings (SSSR count). The smallest absolute Gasteiger partial charge is 0.327 e. The predicted octanol–water partition coefficient (Wildman–Crippen LogP) is 1.87. The summed E-state index contributed by atoms with van der Waals surface area (Å²) in [6.07, 6.45) is 4.75. The monoisotopic (exact) mass is 438 g/mol. The molecule has 0 spiro atoms. The number of rotatable bonds is 7. The highest BCUT2D eigenvalue weighted by Crippen LogP contribution is 2.29. The lowest BCUT2D eigenvalue weighted by atomic mass is 9.92. The standard InChI is InChI=1S/C23H26N4O5/c1-31-19-8-7-16(11-20(19)32-2)18(28)14-26-17-6-4-10-25-21(17)22(29)27(23(26)30)13-15-5-3-9-24-12-15/h3,5,7-9,11-12,17,21,25H,4,6,10,13-14H2,1-2H3. The van der Waals surface area contributed by atoms with Crippen molar-refractivity contribution in [3.05, 3.63) is 53.9 Å². The first-order chi connectivity index (χ1) is 15.5.